The summed E-state index contributed by atoms with van der Waals surface area (Å²) in [6.07, 6.45) is -2.41. The SMILES string of the molecule is N#Cc1ccc(CN2CCCN(C(=O)c3ccc(-n4ccc(C(F)(F)F)n4)cc3)CC2)cc1. The minimum atomic E-state index is -4.50. The molecule has 2 heterocycles. The van der Waals surface area contributed by atoms with Gasteiger partial charge in [-0.25, -0.2) is 4.68 Å². The highest BCUT2D eigenvalue weighted by Crippen LogP contribution is 2.28. The lowest BCUT2D eigenvalue weighted by molar-refractivity contribution is -0.141. The molecule has 0 unspecified atom stereocenters. The Morgan fingerprint density at radius 1 is 0.970 bits per heavy atom. The molecule has 1 fully saturated rings. The molecule has 3 aromatic rings. The van der Waals surface area contributed by atoms with Gasteiger partial charge in [-0.05, 0) is 54.4 Å². The van der Waals surface area contributed by atoms with E-state index in [1.54, 1.807) is 36.4 Å². The fourth-order valence-corrected chi connectivity index (χ4v) is 3.83. The molecule has 1 saturated heterocycles. The van der Waals surface area contributed by atoms with Gasteiger partial charge in [-0.2, -0.15) is 23.5 Å². The van der Waals surface area contributed by atoms with E-state index in [-0.39, 0.29) is 5.91 Å². The third-order valence-electron chi connectivity index (χ3n) is 5.62. The summed E-state index contributed by atoms with van der Waals surface area (Å²) >= 11 is 0. The lowest BCUT2D eigenvalue weighted by atomic mass is 10.1. The number of amides is 1. The summed E-state index contributed by atoms with van der Waals surface area (Å²) in [4.78, 5) is 17.1. The molecular formula is C24H22F3N5O. The number of benzene rings is 2. The van der Waals surface area contributed by atoms with Crippen molar-refractivity contribution in [2.75, 3.05) is 26.2 Å². The molecule has 1 amide bonds. The molecule has 33 heavy (non-hydrogen) atoms. The van der Waals surface area contributed by atoms with E-state index in [1.807, 2.05) is 17.0 Å². The fourth-order valence-electron chi connectivity index (χ4n) is 3.83. The number of nitriles is 1. The number of halogens is 3. The van der Waals surface area contributed by atoms with Gasteiger partial charge in [0.05, 0.1) is 17.3 Å². The van der Waals surface area contributed by atoms with Crippen LogP contribution in [0.1, 0.15) is 33.6 Å². The number of rotatable bonds is 4. The summed E-state index contributed by atoms with van der Waals surface area (Å²) < 4.78 is 39.4. The van der Waals surface area contributed by atoms with E-state index in [0.29, 0.717) is 29.9 Å². The number of alkyl halides is 3. The summed E-state index contributed by atoms with van der Waals surface area (Å²) in [5.74, 6) is -0.0989. The fraction of sp³-hybridized carbons (Fsp3) is 0.292. The molecule has 1 aliphatic heterocycles. The second kappa shape index (κ2) is 9.46. The number of nitrogens with zero attached hydrogens (tertiary/aromatic N) is 5. The number of hydrogen-bond acceptors (Lipinski definition) is 4. The molecule has 1 aliphatic rings. The van der Waals surface area contributed by atoms with Crippen LogP contribution in [0.15, 0.2) is 60.8 Å². The number of carbonyl (C=O) groups excluding carboxylic acids is 1. The predicted molar refractivity (Wildman–Crippen MR) is 116 cm³/mol. The maximum Gasteiger partial charge on any atom is 0.435 e. The molecule has 6 nitrogen and oxygen atoms in total. The van der Waals surface area contributed by atoms with Crippen LogP contribution in [-0.2, 0) is 12.7 Å². The monoisotopic (exact) mass is 453 g/mol. The van der Waals surface area contributed by atoms with Gasteiger partial charge < -0.3 is 4.90 Å². The Morgan fingerprint density at radius 3 is 2.33 bits per heavy atom. The van der Waals surface area contributed by atoms with Crippen molar-refractivity contribution in [3.63, 3.8) is 0 Å². The zero-order valence-electron chi connectivity index (χ0n) is 17.8. The van der Waals surface area contributed by atoms with Gasteiger partial charge in [0.1, 0.15) is 0 Å². The Hall–Kier alpha value is -3.64. The van der Waals surface area contributed by atoms with Crippen LogP contribution in [0.3, 0.4) is 0 Å². The smallest absolute Gasteiger partial charge is 0.337 e. The molecule has 0 N–H and O–H groups in total. The van der Waals surface area contributed by atoms with Crippen LogP contribution in [0.5, 0.6) is 0 Å². The molecule has 0 aliphatic carbocycles. The molecule has 0 saturated carbocycles. The molecule has 4 rings (SSSR count). The summed E-state index contributed by atoms with van der Waals surface area (Å²) in [5.41, 5.74) is 1.73. The Morgan fingerprint density at radius 2 is 1.70 bits per heavy atom. The quantitative estimate of drug-likeness (QED) is 0.597. The number of carbonyl (C=O) groups is 1. The highest BCUT2D eigenvalue weighted by atomic mass is 19.4. The molecule has 9 heteroatoms. The normalized spacial score (nSPS) is 15.2. The first-order chi connectivity index (χ1) is 15.8. The molecule has 0 bridgehead atoms. The first kappa shape index (κ1) is 22.6. The van der Waals surface area contributed by atoms with Gasteiger partial charge in [0.25, 0.3) is 5.91 Å². The van der Waals surface area contributed by atoms with Crippen molar-refractivity contribution in [1.82, 2.24) is 19.6 Å². The van der Waals surface area contributed by atoms with E-state index >= 15 is 0 Å². The second-order valence-electron chi connectivity index (χ2n) is 7.92. The zero-order valence-corrected chi connectivity index (χ0v) is 17.8. The van der Waals surface area contributed by atoms with Gasteiger partial charge in [0.2, 0.25) is 0 Å². The van der Waals surface area contributed by atoms with E-state index in [0.717, 1.165) is 42.4 Å². The molecule has 0 spiro atoms. The van der Waals surface area contributed by atoms with Crippen LogP contribution >= 0.6 is 0 Å². The Bertz CT molecular complexity index is 1150. The number of hydrogen-bond donors (Lipinski definition) is 0. The van der Waals surface area contributed by atoms with Crippen LogP contribution in [0.25, 0.3) is 5.69 Å². The Kier molecular flexibility index (Phi) is 6.47. The van der Waals surface area contributed by atoms with E-state index in [9.17, 15) is 18.0 Å². The van der Waals surface area contributed by atoms with Crippen molar-refractivity contribution >= 4 is 5.91 Å². The lowest BCUT2D eigenvalue weighted by Gasteiger charge is -2.22. The van der Waals surface area contributed by atoms with Crippen molar-refractivity contribution in [2.24, 2.45) is 0 Å². The highest BCUT2D eigenvalue weighted by Gasteiger charge is 2.33. The van der Waals surface area contributed by atoms with Gasteiger partial charge in [-0.3, -0.25) is 9.69 Å². The van der Waals surface area contributed by atoms with Crippen molar-refractivity contribution in [3.8, 4) is 11.8 Å². The molecule has 0 atom stereocenters. The summed E-state index contributed by atoms with van der Waals surface area (Å²) in [6.45, 7) is 3.58. The number of aromatic nitrogens is 2. The van der Waals surface area contributed by atoms with Gasteiger partial charge in [-0.15, -0.1) is 0 Å². The average molecular weight is 453 g/mol. The Balaban J connectivity index is 1.37. The van der Waals surface area contributed by atoms with Gasteiger partial charge in [0.15, 0.2) is 5.69 Å². The van der Waals surface area contributed by atoms with Crippen molar-refractivity contribution in [1.29, 1.82) is 5.26 Å². The van der Waals surface area contributed by atoms with Crippen LogP contribution in [0.4, 0.5) is 13.2 Å². The standard InChI is InChI=1S/C24H22F3N5O/c25-24(26,27)22-10-13-32(29-22)21-8-6-20(7-9-21)23(33)31-12-1-11-30(14-15-31)17-19-4-2-18(16-28)3-5-19/h2-10,13H,1,11-12,14-15,17H2. The minimum Gasteiger partial charge on any atom is -0.337 e. The molecule has 1 aromatic heterocycles. The summed E-state index contributed by atoms with van der Waals surface area (Å²) in [7, 11) is 0. The van der Waals surface area contributed by atoms with Crippen molar-refractivity contribution < 1.29 is 18.0 Å². The van der Waals surface area contributed by atoms with Gasteiger partial charge in [-0.1, -0.05) is 12.1 Å². The van der Waals surface area contributed by atoms with E-state index in [1.165, 1.54) is 6.20 Å². The average Bonchev–Trinajstić information content (AvgIpc) is 3.21. The van der Waals surface area contributed by atoms with Crippen molar-refractivity contribution in [2.45, 2.75) is 19.1 Å². The van der Waals surface area contributed by atoms with E-state index < -0.39 is 11.9 Å². The molecular weight excluding hydrogens is 431 g/mol. The second-order valence-corrected chi connectivity index (χ2v) is 7.92. The minimum absolute atomic E-state index is 0.0989. The van der Waals surface area contributed by atoms with Crippen molar-refractivity contribution in [3.05, 3.63) is 83.2 Å². The van der Waals surface area contributed by atoms with E-state index in [4.69, 9.17) is 5.26 Å². The third-order valence-corrected chi connectivity index (χ3v) is 5.62. The van der Waals surface area contributed by atoms with Gasteiger partial charge >= 0.3 is 6.18 Å². The summed E-state index contributed by atoms with van der Waals surface area (Å²) in [5, 5.41) is 12.5. The lowest BCUT2D eigenvalue weighted by Crippen LogP contribution is -2.35. The first-order valence-electron chi connectivity index (χ1n) is 10.6. The van der Waals surface area contributed by atoms with Crippen LogP contribution < -0.4 is 0 Å². The highest BCUT2D eigenvalue weighted by molar-refractivity contribution is 5.94. The largest absolute Gasteiger partial charge is 0.435 e. The van der Waals surface area contributed by atoms with Gasteiger partial charge in [0, 0.05) is 44.5 Å². The summed E-state index contributed by atoms with van der Waals surface area (Å²) in [6, 6.07) is 17.0. The van der Waals surface area contributed by atoms with Crippen LogP contribution in [0.2, 0.25) is 0 Å². The Labute approximate surface area is 189 Å². The molecule has 2 aromatic carbocycles. The topological polar surface area (TPSA) is 65.2 Å². The predicted octanol–water partition coefficient (Wildman–Crippen LogP) is 4.11. The first-order valence-corrected chi connectivity index (χ1v) is 10.6. The zero-order chi connectivity index (χ0) is 23.4. The molecule has 0 radical (unpaired) electrons. The van der Waals surface area contributed by atoms with E-state index in [2.05, 4.69) is 16.1 Å². The maximum atomic E-state index is 13.0. The maximum absolute atomic E-state index is 13.0. The molecule has 170 valence electrons. The van der Waals surface area contributed by atoms with Crippen LogP contribution in [-0.4, -0.2) is 51.7 Å². The van der Waals surface area contributed by atoms with Crippen LogP contribution in [0, 0.1) is 11.3 Å². The third kappa shape index (κ3) is 5.41.